The molecule has 1 heterocycles. The number of aliphatic imine (C=N–C) groups is 1. The summed E-state index contributed by atoms with van der Waals surface area (Å²) in [5, 5.41) is 18.6. The molecule has 3 rings (SSSR count). The first kappa shape index (κ1) is 18.8. The van der Waals surface area contributed by atoms with Gasteiger partial charge in [-0.05, 0) is 30.3 Å². The van der Waals surface area contributed by atoms with Crippen molar-refractivity contribution >= 4 is 18.0 Å². The molecule has 1 fully saturated rings. The van der Waals surface area contributed by atoms with E-state index in [1.54, 1.807) is 35.2 Å². The topological polar surface area (TPSA) is 66.2 Å². The Morgan fingerprint density at radius 2 is 1.74 bits per heavy atom. The lowest BCUT2D eigenvalue weighted by molar-refractivity contribution is -0.0172. The number of hydrogen-bond donors (Lipinski definition) is 2. The summed E-state index contributed by atoms with van der Waals surface area (Å²) < 4.78 is 26.6. The molecule has 1 aliphatic heterocycles. The molecule has 2 aromatic carbocycles. The Balaban J connectivity index is 1.49. The summed E-state index contributed by atoms with van der Waals surface area (Å²) in [6, 6.07) is 12.5. The van der Waals surface area contributed by atoms with Crippen molar-refractivity contribution < 1.29 is 14.0 Å². The van der Waals surface area contributed by atoms with E-state index in [1.807, 2.05) is 0 Å². The highest BCUT2D eigenvalue weighted by Gasteiger charge is 2.19. The van der Waals surface area contributed by atoms with Crippen molar-refractivity contribution in [2.24, 2.45) is 4.99 Å². The van der Waals surface area contributed by atoms with Gasteiger partial charge in [0.2, 0.25) is 5.96 Å². The summed E-state index contributed by atoms with van der Waals surface area (Å²) in [7, 11) is 0. The number of guanidine groups is 1. The van der Waals surface area contributed by atoms with E-state index in [9.17, 15) is 14.0 Å². The highest BCUT2D eigenvalue weighted by Crippen LogP contribution is 2.17. The average molecular weight is 373 g/mol. The Hall–Kier alpha value is -3.00. The SMILES string of the molecule is N=C(/N=C\N(O)Cc1ccccc1F)N1CCN(c2ccc(F)cc2)CC1. The minimum atomic E-state index is -0.406. The highest BCUT2D eigenvalue weighted by molar-refractivity contribution is 5.84. The van der Waals surface area contributed by atoms with E-state index in [0.29, 0.717) is 31.7 Å². The third kappa shape index (κ3) is 5.01. The zero-order chi connectivity index (χ0) is 19.2. The largest absolute Gasteiger partial charge is 0.368 e. The Morgan fingerprint density at radius 1 is 1.07 bits per heavy atom. The molecule has 0 aliphatic carbocycles. The van der Waals surface area contributed by atoms with Crippen LogP contribution in [0.4, 0.5) is 14.5 Å². The number of nitrogens with zero attached hydrogens (tertiary/aromatic N) is 4. The molecule has 27 heavy (non-hydrogen) atoms. The molecule has 0 unspecified atom stereocenters. The second kappa shape index (κ2) is 8.59. The molecule has 6 nitrogen and oxygen atoms in total. The molecule has 8 heteroatoms. The number of piperazine rings is 1. The first-order valence-corrected chi connectivity index (χ1v) is 8.60. The van der Waals surface area contributed by atoms with Crippen LogP contribution in [-0.2, 0) is 6.54 Å². The van der Waals surface area contributed by atoms with Crippen molar-refractivity contribution in [3.8, 4) is 0 Å². The predicted octanol–water partition coefficient (Wildman–Crippen LogP) is 2.94. The third-order valence-corrected chi connectivity index (χ3v) is 4.37. The Labute approximate surface area is 156 Å². The number of nitrogens with one attached hydrogen (secondary N) is 1. The number of benzene rings is 2. The van der Waals surface area contributed by atoms with Gasteiger partial charge in [-0.15, -0.1) is 0 Å². The minimum absolute atomic E-state index is 0.0290. The van der Waals surface area contributed by atoms with Crippen LogP contribution in [0, 0.1) is 17.0 Å². The van der Waals surface area contributed by atoms with Crippen molar-refractivity contribution in [1.29, 1.82) is 5.41 Å². The molecule has 2 N–H and O–H groups in total. The Bertz CT molecular complexity index is 804. The van der Waals surface area contributed by atoms with Gasteiger partial charge in [0, 0.05) is 37.4 Å². The van der Waals surface area contributed by atoms with Crippen LogP contribution in [0.25, 0.3) is 0 Å². The van der Waals surface area contributed by atoms with Gasteiger partial charge < -0.3 is 9.80 Å². The van der Waals surface area contributed by atoms with Crippen molar-refractivity contribution in [2.75, 3.05) is 31.1 Å². The normalized spacial score (nSPS) is 14.6. The standard InChI is InChI=1S/C19H21F2N5O/c20-16-5-7-17(8-6-16)24-9-11-25(12-10-24)19(22)23-14-26(27)13-15-3-1-2-4-18(15)21/h1-8,14,22,27H,9-13H2/b22-19?,23-14-. The maximum Gasteiger partial charge on any atom is 0.219 e. The fraction of sp³-hybridized carbons (Fsp3) is 0.263. The van der Waals surface area contributed by atoms with E-state index in [1.165, 1.54) is 18.2 Å². The summed E-state index contributed by atoms with van der Waals surface area (Å²) in [6.45, 7) is 2.49. The number of hydroxylamine groups is 2. The lowest BCUT2D eigenvalue weighted by atomic mass is 10.2. The number of hydrogen-bond acceptors (Lipinski definition) is 3. The average Bonchev–Trinajstić information content (AvgIpc) is 2.69. The predicted molar refractivity (Wildman–Crippen MR) is 100 cm³/mol. The smallest absolute Gasteiger partial charge is 0.219 e. The molecule has 0 atom stereocenters. The van der Waals surface area contributed by atoms with Crippen LogP contribution in [0.3, 0.4) is 0 Å². The van der Waals surface area contributed by atoms with Gasteiger partial charge in [0.25, 0.3) is 0 Å². The lowest BCUT2D eigenvalue weighted by Gasteiger charge is -2.36. The van der Waals surface area contributed by atoms with Gasteiger partial charge in [-0.3, -0.25) is 10.6 Å². The molecular formula is C19H21F2N5O. The number of anilines is 1. The molecule has 142 valence electrons. The minimum Gasteiger partial charge on any atom is -0.368 e. The number of halogens is 2. The lowest BCUT2D eigenvalue weighted by Crippen LogP contribution is -2.48. The summed E-state index contributed by atoms with van der Waals surface area (Å²) in [5.41, 5.74) is 1.28. The Kier molecular flexibility index (Phi) is 5.97. The van der Waals surface area contributed by atoms with E-state index in [2.05, 4.69) is 9.89 Å². The first-order chi connectivity index (χ1) is 13.0. The molecule has 2 aromatic rings. The highest BCUT2D eigenvalue weighted by atomic mass is 19.1. The molecule has 1 aliphatic rings. The van der Waals surface area contributed by atoms with Gasteiger partial charge >= 0.3 is 0 Å². The van der Waals surface area contributed by atoms with Crippen LogP contribution in [0.15, 0.2) is 53.5 Å². The van der Waals surface area contributed by atoms with Crippen molar-refractivity contribution in [3.05, 3.63) is 65.7 Å². The second-order valence-corrected chi connectivity index (χ2v) is 6.21. The summed E-state index contributed by atoms with van der Waals surface area (Å²) in [4.78, 5) is 7.85. The fourth-order valence-corrected chi connectivity index (χ4v) is 2.87. The molecule has 0 bridgehead atoms. The molecule has 0 spiro atoms. The third-order valence-electron chi connectivity index (χ3n) is 4.37. The van der Waals surface area contributed by atoms with Crippen LogP contribution in [0.2, 0.25) is 0 Å². The van der Waals surface area contributed by atoms with Gasteiger partial charge in [0.1, 0.15) is 18.0 Å². The van der Waals surface area contributed by atoms with E-state index in [4.69, 9.17) is 5.41 Å². The van der Waals surface area contributed by atoms with Crippen molar-refractivity contribution in [3.63, 3.8) is 0 Å². The second-order valence-electron chi connectivity index (χ2n) is 6.21. The van der Waals surface area contributed by atoms with Gasteiger partial charge in [0.15, 0.2) is 0 Å². The van der Waals surface area contributed by atoms with Gasteiger partial charge in [-0.1, -0.05) is 18.2 Å². The monoisotopic (exact) mass is 373 g/mol. The van der Waals surface area contributed by atoms with Gasteiger partial charge in [-0.2, -0.15) is 0 Å². The molecule has 0 saturated carbocycles. The summed E-state index contributed by atoms with van der Waals surface area (Å²) >= 11 is 0. The quantitative estimate of drug-likeness (QED) is 0.491. The van der Waals surface area contributed by atoms with Crippen molar-refractivity contribution in [1.82, 2.24) is 9.96 Å². The van der Waals surface area contributed by atoms with Gasteiger partial charge in [0.05, 0.1) is 6.54 Å². The summed E-state index contributed by atoms with van der Waals surface area (Å²) in [6.07, 6.45) is 1.11. The maximum atomic E-state index is 13.6. The van der Waals surface area contributed by atoms with Crippen LogP contribution < -0.4 is 4.90 Å². The molecular weight excluding hydrogens is 352 g/mol. The molecule has 0 aromatic heterocycles. The number of rotatable bonds is 4. The van der Waals surface area contributed by atoms with E-state index in [0.717, 1.165) is 17.1 Å². The van der Waals surface area contributed by atoms with Crippen LogP contribution >= 0.6 is 0 Å². The summed E-state index contributed by atoms with van der Waals surface area (Å²) in [5.74, 6) is -0.643. The fourth-order valence-electron chi connectivity index (χ4n) is 2.87. The molecule has 0 radical (unpaired) electrons. The van der Waals surface area contributed by atoms with Crippen LogP contribution in [0.1, 0.15) is 5.56 Å². The van der Waals surface area contributed by atoms with E-state index in [-0.39, 0.29) is 18.3 Å². The molecule has 1 saturated heterocycles. The van der Waals surface area contributed by atoms with E-state index < -0.39 is 5.82 Å². The first-order valence-electron chi connectivity index (χ1n) is 8.60. The van der Waals surface area contributed by atoms with Crippen LogP contribution in [0.5, 0.6) is 0 Å². The Morgan fingerprint density at radius 3 is 2.41 bits per heavy atom. The zero-order valence-corrected chi connectivity index (χ0v) is 14.7. The van der Waals surface area contributed by atoms with Crippen LogP contribution in [-0.4, -0.2) is 53.6 Å². The van der Waals surface area contributed by atoms with Crippen molar-refractivity contribution in [2.45, 2.75) is 6.54 Å². The van der Waals surface area contributed by atoms with Gasteiger partial charge in [-0.25, -0.2) is 18.8 Å². The maximum absolute atomic E-state index is 13.6. The molecule has 0 amide bonds. The zero-order valence-electron chi connectivity index (χ0n) is 14.7. The van der Waals surface area contributed by atoms with E-state index >= 15 is 0 Å².